The van der Waals surface area contributed by atoms with Gasteiger partial charge in [-0.1, -0.05) is 6.07 Å². The third-order valence-corrected chi connectivity index (χ3v) is 2.23. The lowest BCUT2D eigenvalue weighted by atomic mass is 10.3. The fourth-order valence-electron chi connectivity index (χ4n) is 0.783. The second-order valence-corrected chi connectivity index (χ2v) is 3.81. The van der Waals surface area contributed by atoms with Gasteiger partial charge in [0.25, 0.3) is 0 Å². The first-order valence-electron chi connectivity index (χ1n) is 3.25. The summed E-state index contributed by atoms with van der Waals surface area (Å²) in [6.07, 6.45) is 1.30. The van der Waals surface area contributed by atoms with Crippen molar-refractivity contribution in [3.63, 3.8) is 0 Å². The van der Waals surface area contributed by atoms with Gasteiger partial charge in [0.2, 0.25) is 16.1 Å². The quantitative estimate of drug-likeness (QED) is 0.547. The monoisotopic (exact) mass is 198 g/mol. The Bertz CT molecular complexity index is 460. The van der Waals surface area contributed by atoms with Gasteiger partial charge in [0.15, 0.2) is 0 Å². The molecule has 0 radical (unpaired) electrons. The molecule has 2 N–H and O–H groups in total. The van der Waals surface area contributed by atoms with Crippen molar-refractivity contribution in [2.24, 2.45) is 10.1 Å². The smallest absolute Gasteiger partial charge is 0.225 e. The summed E-state index contributed by atoms with van der Waals surface area (Å²) in [6.45, 7) is 0. The van der Waals surface area contributed by atoms with Gasteiger partial charge in [0, 0.05) is 0 Å². The Labute approximate surface area is 75.0 Å². The minimum atomic E-state index is -3.73. The molecule has 1 aromatic carbocycles. The highest BCUT2D eigenvalue weighted by molar-refractivity contribution is 7.89. The highest BCUT2D eigenvalue weighted by Crippen LogP contribution is 2.15. The topological polar surface area (TPSA) is 89.6 Å². The molecule has 68 valence electrons. The lowest BCUT2D eigenvalue weighted by molar-refractivity contribution is 0.565. The summed E-state index contributed by atoms with van der Waals surface area (Å²) in [6, 6.07) is 5.43. The first-order chi connectivity index (χ1) is 6.04. The van der Waals surface area contributed by atoms with E-state index in [1.807, 2.05) is 0 Å². The maximum absolute atomic E-state index is 10.8. The number of sulfonamides is 1. The third-order valence-electron chi connectivity index (χ3n) is 1.32. The van der Waals surface area contributed by atoms with Crippen molar-refractivity contribution in [1.29, 1.82) is 0 Å². The summed E-state index contributed by atoms with van der Waals surface area (Å²) >= 11 is 0. The van der Waals surface area contributed by atoms with Crippen LogP contribution in [0.3, 0.4) is 0 Å². The lowest BCUT2D eigenvalue weighted by Crippen LogP contribution is -2.11. The molecule has 0 unspecified atom stereocenters. The van der Waals surface area contributed by atoms with Crippen LogP contribution in [0.2, 0.25) is 0 Å². The Hall–Kier alpha value is -1.49. The fraction of sp³-hybridized carbons (Fsp3) is 0. The first-order valence-corrected chi connectivity index (χ1v) is 4.79. The predicted octanol–water partition coefficient (Wildman–Crippen LogP) is 0.301. The van der Waals surface area contributed by atoms with Crippen LogP contribution in [0.1, 0.15) is 0 Å². The molecular formula is C7H6N2O3S. The van der Waals surface area contributed by atoms with Crippen LogP contribution in [0.15, 0.2) is 34.2 Å². The van der Waals surface area contributed by atoms with E-state index in [1.54, 1.807) is 0 Å². The Morgan fingerprint density at radius 1 is 1.38 bits per heavy atom. The molecule has 0 fully saturated rings. The molecule has 6 heteroatoms. The van der Waals surface area contributed by atoms with Crippen molar-refractivity contribution in [2.45, 2.75) is 4.90 Å². The van der Waals surface area contributed by atoms with Gasteiger partial charge in [0.05, 0.1) is 10.6 Å². The Balaban J connectivity index is 3.28. The summed E-state index contributed by atoms with van der Waals surface area (Å²) in [7, 11) is -3.73. The number of isocyanates is 1. The summed E-state index contributed by atoms with van der Waals surface area (Å²) < 4.78 is 21.7. The van der Waals surface area contributed by atoms with E-state index in [0.29, 0.717) is 0 Å². The van der Waals surface area contributed by atoms with Crippen LogP contribution in [0.4, 0.5) is 5.69 Å². The van der Waals surface area contributed by atoms with Crippen molar-refractivity contribution in [1.82, 2.24) is 0 Å². The van der Waals surface area contributed by atoms with E-state index < -0.39 is 10.0 Å². The fourth-order valence-corrected chi connectivity index (χ4v) is 1.34. The van der Waals surface area contributed by atoms with Crippen molar-refractivity contribution < 1.29 is 13.2 Å². The predicted molar refractivity (Wildman–Crippen MR) is 45.6 cm³/mol. The number of nitrogens with two attached hydrogens (primary N) is 1. The number of primary sulfonamides is 1. The largest absolute Gasteiger partial charge is 0.240 e. The number of nitrogens with zero attached hydrogens (tertiary/aromatic N) is 1. The van der Waals surface area contributed by atoms with Crippen molar-refractivity contribution in [3.05, 3.63) is 24.3 Å². The molecule has 0 atom stereocenters. The van der Waals surface area contributed by atoms with Crippen LogP contribution >= 0.6 is 0 Å². The molecule has 0 aliphatic carbocycles. The molecular weight excluding hydrogens is 192 g/mol. The van der Waals surface area contributed by atoms with Gasteiger partial charge in [-0.05, 0) is 18.2 Å². The zero-order valence-electron chi connectivity index (χ0n) is 6.47. The van der Waals surface area contributed by atoms with E-state index in [0.717, 1.165) is 0 Å². The van der Waals surface area contributed by atoms with E-state index in [1.165, 1.54) is 30.3 Å². The second kappa shape index (κ2) is 3.49. The van der Waals surface area contributed by atoms with Crippen LogP contribution in [0, 0.1) is 0 Å². The van der Waals surface area contributed by atoms with Gasteiger partial charge in [-0.15, -0.1) is 0 Å². The van der Waals surface area contributed by atoms with Gasteiger partial charge in [-0.3, -0.25) is 0 Å². The van der Waals surface area contributed by atoms with Crippen LogP contribution in [0.5, 0.6) is 0 Å². The van der Waals surface area contributed by atoms with E-state index >= 15 is 0 Å². The number of hydrogen-bond donors (Lipinski definition) is 1. The molecule has 1 rings (SSSR count). The maximum atomic E-state index is 10.8. The molecule has 1 aromatic rings. The molecule has 0 aliphatic heterocycles. The van der Waals surface area contributed by atoms with Crippen LogP contribution in [-0.4, -0.2) is 14.5 Å². The van der Waals surface area contributed by atoms with Gasteiger partial charge in [0.1, 0.15) is 0 Å². The minimum Gasteiger partial charge on any atom is -0.225 e. The normalized spacial score (nSPS) is 10.5. The van der Waals surface area contributed by atoms with Gasteiger partial charge >= 0.3 is 0 Å². The number of benzene rings is 1. The van der Waals surface area contributed by atoms with E-state index in [4.69, 9.17) is 5.14 Å². The Morgan fingerprint density at radius 3 is 2.62 bits per heavy atom. The molecule has 13 heavy (non-hydrogen) atoms. The van der Waals surface area contributed by atoms with Crippen LogP contribution in [-0.2, 0) is 14.8 Å². The van der Waals surface area contributed by atoms with Crippen LogP contribution in [0.25, 0.3) is 0 Å². The number of rotatable bonds is 2. The van der Waals surface area contributed by atoms with Gasteiger partial charge < -0.3 is 0 Å². The molecule has 0 heterocycles. The average molecular weight is 198 g/mol. The minimum absolute atomic E-state index is 0.0796. The number of hydrogen-bond acceptors (Lipinski definition) is 4. The molecule has 5 nitrogen and oxygen atoms in total. The van der Waals surface area contributed by atoms with Gasteiger partial charge in [-0.2, -0.15) is 4.99 Å². The summed E-state index contributed by atoms with van der Waals surface area (Å²) in [5.74, 6) is 0. The third kappa shape index (κ3) is 2.48. The molecule has 0 saturated carbocycles. The molecule has 0 spiro atoms. The van der Waals surface area contributed by atoms with E-state index in [2.05, 4.69) is 4.99 Å². The van der Waals surface area contributed by atoms with Crippen molar-refractivity contribution >= 4 is 21.8 Å². The second-order valence-electron chi connectivity index (χ2n) is 2.25. The van der Waals surface area contributed by atoms with Crippen LogP contribution < -0.4 is 5.14 Å². The van der Waals surface area contributed by atoms with Crippen molar-refractivity contribution in [2.75, 3.05) is 0 Å². The first kappa shape index (κ1) is 9.60. The zero-order valence-corrected chi connectivity index (χ0v) is 7.28. The maximum Gasteiger partial charge on any atom is 0.240 e. The summed E-state index contributed by atoms with van der Waals surface area (Å²) in [5, 5.41) is 4.85. The zero-order chi connectivity index (χ0) is 9.90. The highest BCUT2D eigenvalue weighted by atomic mass is 32.2. The van der Waals surface area contributed by atoms with Gasteiger partial charge in [-0.25, -0.2) is 18.4 Å². The molecule has 0 amide bonds. The summed E-state index contributed by atoms with van der Waals surface area (Å²) in [4.78, 5) is 13.0. The summed E-state index contributed by atoms with van der Waals surface area (Å²) in [5.41, 5.74) is 0.210. The SMILES string of the molecule is NS(=O)(=O)c1cccc(N=C=O)c1. The molecule has 0 aliphatic rings. The Morgan fingerprint density at radius 2 is 2.08 bits per heavy atom. The lowest BCUT2D eigenvalue weighted by Gasteiger charge is -1.96. The van der Waals surface area contributed by atoms with Crippen molar-refractivity contribution in [3.8, 4) is 0 Å². The standard InChI is InChI=1S/C7H6N2O3S/c8-13(11,12)7-3-1-2-6(4-7)9-5-10/h1-4H,(H2,8,11,12). The average Bonchev–Trinajstić information content (AvgIpc) is 2.04. The molecule has 0 bridgehead atoms. The molecule has 0 aromatic heterocycles. The Kier molecular flexibility index (Phi) is 2.57. The molecule has 0 saturated heterocycles. The number of aliphatic imine (C=N–C) groups is 1. The number of carbonyl (C=O) groups excluding carboxylic acids is 1. The van der Waals surface area contributed by atoms with E-state index in [9.17, 15) is 13.2 Å². The van der Waals surface area contributed by atoms with E-state index in [-0.39, 0.29) is 10.6 Å². The highest BCUT2D eigenvalue weighted by Gasteiger charge is 2.06.